The van der Waals surface area contributed by atoms with Crippen LogP contribution in [0.1, 0.15) is 25.3 Å². The van der Waals surface area contributed by atoms with E-state index in [1.165, 1.54) is 25.3 Å². The van der Waals surface area contributed by atoms with Crippen LogP contribution < -0.4 is 0 Å². The molecule has 1 N–H and O–H groups in total. The van der Waals surface area contributed by atoms with Crippen molar-refractivity contribution in [3.05, 3.63) is 51.2 Å². The number of aliphatic imine (C=N–C) groups is 1. The van der Waals surface area contributed by atoms with Crippen LogP contribution in [-0.2, 0) is 14.6 Å². The number of nitrogens with zero attached hydrogens (tertiary/aromatic N) is 2. The molecule has 0 spiro atoms. The van der Waals surface area contributed by atoms with Gasteiger partial charge in [-0.25, -0.2) is 14.6 Å². The normalized spacial score (nSPS) is 20.7. The highest BCUT2D eigenvalue weighted by Crippen LogP contribution is 2.39. The molecule has 0 aromatic heterocycles. The Kier molecular flexibility index (Phi) is 5.42. The van der Waals surface area contributed by atoms with Crippen molar-refractivity contribution < 1.29 is 24.6 Å². The molecule has 1 unspecified atom stereocenters. The Bertz CT molecular complexity index is 725. The average Bonchev–Trinajstić information content (AvgIpc) is 2.53. The van der Waals surface area contributed by atoms with E-state index in [0.717, 1.165) is 0 Å². The van der Waals surface area contributed by atoms with E-state index in [-0.39, 0.29) is 17.9 Å². The van der Waals surface area contributed by atoms with E-state index in [9.17, 15) is 20.0 Å². The molecule has 1 aliphatic heterocycles. The van der Waals surface area contributed by atoms with Crippen LogP contribution in [0.2, 0.25) is 0 Å². The zero-order valence-electron chi connectivity index (χ0n) is 13.6. The number of rotatable bonds is 6. The number of carbonyl (C=O) groups is 1. The molecule has 1 aromatic rings. The van der Waals surface area contributed by atoms with Gasteiger partial charge in [0.2, 0.25) is 0 Å². The Morgan fingerprint density at radius 2 is 2.12 bits per heavy atom. The monoisotopic (exact) mass is 334 g/mol. The van der Waals surface area contributed by atoms with Crippen LogP contribution in [-0.4, -0.2) is 35.4 Å². The van der Waals surface area contributed by atoms with Crippen LogP contribution in [0.15, 0.2) is 40.5 Å². The lowest BCUT2D eigenvalue weighted by Gasteiger charge is -2.31. The number of hydrogen-bond acceptors (Lipinski definition) is 6. The summed E-state index contributed by atoms with van der Waals surface area (Å²) < 4.78 is 0. The van der Waals surface area contributed by atoms with Crippen LogP contribution in [0.5, 0.6) is 0 Å². The van der Waals surface area contributed by atoms with Gasteiger partial charge in [0.15, 0.2) is 0 Å². The molecular formula is C16H18N2O6. The van der Waals surface area contributed by atoms with Gasteiger partial charge in [-0.3, -0.25) is 15.1 Å². The molecule has 0 aliphatic carbocycles. The lowest BCUT2D eigenvalue weighted by atomic mass is 9.76. The third-order valence-corrected chi connectivity index (χ3v) is 4.02. The van der Waals surface area contributed by atoms with Gasteiger partial charge in [0.05, 0.1) is 24.2 Å². The number of carboxylic acid groups (broad SMARTS) is 1. The van der Waals surface area contributed by atoms with Gasteiger partial charge in [0.25, 0.3) is 5.69 Å². The van der Waals surface area contributed by atoms with Crippen molar-refractivity contribution in [2.45, 2.75) is 19.8 Å². The minimum Gasteiger partial charge on any atom is -0.478 e. The second-order valence-electron chi connectivity index (χ2n) is 5.44. The Morgan fingerprint density at radius 1 is 1.42 bits per heavy atom. The summed E-state index contributed by atoms with van der Waals surface area (Å²) in [6, 6.07) is 5.97. The first-order chi connectivity index (χ1) is 11.4. The van der Waals surface area contributed by atoms with E-state index < -0.39 is 22.7 Å². The third kappa shape index (κ3) is 3.50. The predicted molar refractivity (Wildman–Crippen MR) is 85.7 cm³/mol. The summed E-state index contributed by atoms with van der Waals surface area (Å²) >= 11 is 0. The maximum Gasteiger partial charge on any atom is 0.334 e. The molecule has 8 nitrogen and oxygen atoms in total. The zero-order valence-corrected chi connectivity index (χ0v) is 13.6. The van der Waals surface area contributed by atoms with Gasteiger partial charge >= 0.3 is 5.97 Å². The largest absolute Gasteiger partial charge is 0.478 e. The van der Waals surface area contributed by atoms with Crippen LogP contribution in [0.25, 0.3) is 0 Å². The molecule has 1 aromatic carbocycles. The maximum atomic E-state index is 11.8. The van der Waals surface area contributed by atoms with Crippen molar-refractivity contribution in [3.8, 4) is 0 Å². The van der Waals surface area contributed by atoms with Crippen LogP contribution >= 0.6 is 0 Å². The standard InChI is InChI=1S/C16H18N2O6/c1-9-13(8-24-23-3)15(14(16(19)20)10(2)17-9)11-5-4-6-12(7-11)18(21)22/h4-7,13,15H,8H2,1-3H3,(H,19,20)/t13?,15-/m0/s1. The average molecular weight is 334 g/mol. The van der Waals surface area contributed by atoms with Crippen molar-refractivity contribution in [3.63, 3.8) is 0 Å². The van der Waals surface area contributed by atoms with Gasteiger partial charge in [-0.1, -0.05) is 12.1 Å². The Labute approximate surface area is 138 Å². The fraction of sp³-hybridized carbons (Fsp3) is 0.375. The quantitative estimate of drug-likeness (QED) is 0.486. The number of benzene rings is 1. The van der Waals surface area contributed by atoms with E-state index in [1.807, 2.05) is 0 Å². The van der Waals surface area contributed by atoms with Gasteiger partial charge < -0.3 is 5.11 Å². The lowest BCUT2D eigenvalue weighted by molar-refractivity contribution is -0.384. The molecule has 0 saturated carbocycles. The summed E-state index contributed by atoms with van der Waals surface area (Å²) in [4.78, 5) is 36.2. The van der Waals surface area contributed by atoms with Gasteiger partial charge in [-0.15, -0.1) is 0 Å². The summed E-state index contributed by atoms with van der Waals surface area (Å²) in [5.74, 6) is -2.13. The summed E-state index contributed by atoms with van der Waals surface area (Å²) in [7, 11) is 1.36. The smallest absolute Gasteiger partial charge is 0.334 e. The van der Waals surface area contributed by atoms with E-state index >= 15 is 0 Å². The number of aliphatic carboxylic acids is 1. The molecule has 0 fully saturated rings. The predicted octanol–water partition coefficient (Wildman–Crippen LogP) is 2.71. The van der Waals surface area contributed by atoms with Crippen molar-refractivity contribution in [1.29, 1.82) is 0 Å². The molecule has 1 aliphatic rings. The molecule has 1 heterocycles. The lowest BCUT2D eigenvalue weighted by Crippen LogP contribution is -2.32. The second-order valence-corrected chi connectivity index (χ2v) is 5.44. The first-order valence-corrected chi connectivity index (χ1v) is 7.26. The highest BCUT2D eigenvalue weighted by atomic mass is 17.2. The number of non-ortho nitro benzene ring substituents is 1. The fourth-order valence-corrected chi connectivity index (χ4v) is 2.95. The molecule has 0 radical (unpaired) electrons. The molecule has 0 amide bonds. The Hall–Kier alpha value is -2.58. The maximum absolute atomic E-state index is 11.8. The molecule has 8 heteroatoms. The van der Waals surface area contributed by atoms with Crippen LogP contribution in [0.4, 0.5) is 5.69 Å². The van der Waals surface area contributed by atoms with Crippen molar-refractivity contribution >= 4 is 17.4 Å². The minimum atomic E-state index is -1.11. The van der Waals surface area contributed by atoms with Gasteiger partial charge in [-0.05, 0) is 19.4 Å². The highest BCUT2D eigenvalue weighted by Gasteiger charge is 2.37. The minimum absolute atomic E-state index is 0.0866. The first kappa shape index (κ1) is 17.8. The third-order valence-electron chi connectivity index (χ3n) is 4.02. The first-order valence-electron chi connectivity index (χ1n) is 7.26. The van der Waals surface area contributed by atoms with Crippen molar-refractivity contribution in [2.75, 3.05) is 13.7 Å². The van der Waals surface area contributed by atoms with Crippen molar-refractivity contribution in [2.24, 2.45) is 10.9 Å². The van der Waals surface area contributed by atoms with E-state index in [2.05, 4.69) is 9.88 Å². The number of allylic oxidation sites excluding steroid dienone is 1. The zero-order chi connectivity index (χ0) is 17.9. The van der Waals surface area contributed by atoms with E-state index in [0.29, 0.717) is 17.0 Å². The number of carboxylic acids is 1. The van der Waals surface area contributed by atoms with Gasteiger partial charge in [0.1, 0.15) is 0 Å². The van der Waals surface area contributed by atoms with Crippen molar-refractivity contribution in [1.82, 2.24) is 0 Å². The topological polar surface area (TPSA) is 111 Å². The number of nitro groups is 1. The summed E-state index contributed by atoms with van der Waals surface area (Å²) in [5, 5.41) is 20.7. The van der Waals surface area contributed by atoms with Gasteiger partial charge in [-0.2, -0.15) is 0 Å². The molecule has 0 bridgehead atoms. The summed E-state index contributed by atoms with van der Waals surface area (Å²) in [6.07, 6.45) is 0. The van der Waals surface area contributed by atoms with Crippen LogP contribution in [0.3, 0.4) is 0 Å². The Balaban J connectivity index is 2.58. The number of hydrogen-bond donors (Lipinski definition) is 1. The second kappa shape index (κ2) is 7.33. The summed E-state index contributed by atoms with van der Waals surface area (Å²) in [5.41, 5.74) is 1.60. The highest BCUT2D eigenvalue weighted by molar-refractivity contribution is 5.96. The van der Waals surface area contributed by atoms with E-state index in [4.69, 9.17) is 4.89 Å². The molecule has 2 atom stereocenters. The van der Waals surface area contributed by atoms with Gasteiger partial charge in [0, 0.05) is 35.4 Å². The molecule has 2 rings (SSSR count). The van der Waals surface area contributed by atoms with E-state index in [1.54, 1.807) is 19.9 Å². The SMILES string of the molecule is COOCC1C(C)=NC(C)=C(C(=O)O)[C@H]1c1cccc([N+](=O)[O-])c1. The summed E-state index contributed by atoms with van der Waals surface area (Å²) in [6.45, 7) is 3.48. The molecular weight excluding hydrogens is 316 g/mol. The Morgan fingerprint density at radius 3 is 2.71 bits per heavy atom. The fourth-order valence-electron chi connectivity index (χ4n) is 2.95. The molecule has 128 valence electrons. The number of nitro benzene ring substituents is 1. The molecule has 24 heavy (non-hydrogen) atoms. The van der Waals surface area contributed by atoms with Crippen LogP contribution in [0, 0.1) is 16.0 Å². The molecule has 0 saturated heterocycles.